The van der Waals surface area contributed by atoms with Gasteiger partial charge in [-0.05, 0) is 19.1 Å². The van der Waals surface area contributed by atoms with Crippen LogP contribution in [0.4, 0.5) is 5.69 Å². The summed E-state index contributed by atoms with van der Waals surface area (Å²) in [6.07, 6.45) is 0.254. The average molecular weight is 163 g/mol. The van der Waals surface area contributed by atoms with Gasteiger partial charge in [0.15, 0.2) is 0 Å². The number of nitrogens with two attached hydrogens (primary N) is 1. The first-order valence-electron chi connectivity index (χ1n) is 4.25. The highest BCUT2D eigenvalue weighted by molar-refractivity contribution is 5.58. The van der Waals surface area contributed by atoms with Gasteiger partial charge in [-0.3, -0.25) is 0 Å². The van der Waals surface area contributed by atoms with Crippen LogP contribution in [0.1, 0.15) is 25.3 Å². The zero-order valence-corrected chi connectivity index (χ0v) is 7.37. The van der Waals surface area contributed by atoms with Gasteiger partial charge in [-0.2, -0.15) is 0 Å². The van der Waals surface area contributed by atoms with E-state index in [2.05, 4.69) is 13.8 Å². The molecule has 2 nitrogen and oxygen atoms in total. The van der Waals surface area contributed by atoms with Crippen LogP contribution in [0.25, 0.3) is 0 Å². The Kier molecular flexibility index (Phi) is 1.50. The summed E-state index contributed by atoms with van der Waals surface area (Å²) >= 11 is 0. The predicted octanol–water partition coefficient (Wildman–Crippen LogP) is 2.15. The summed E-state index contributed by atoms with van der Waals surface area (Å²) in [5.74, 6) is 1.37. The molecule has 1 heterocycles. The molecule has 1 aliphatic rings. The Hall–Kier alpha value is -1.18. The lowest BCUT2D eigenvalue weighted by Crippen LogP contribution is -2.10. The fourth-order valence-corrected chi connectivity index (χ4v) is 1.69. The highest BCUT2D eigenvalue weighted by Crippen LogP contribution is 2.40. The summed E-state index contributed by atoms with van der Waals surface area (Å²) < 4.78 is 5.62. The van der Waals surface area contributed by atoms with Gasteiger partial charge in [-0.25, -0.2) is 0 Å². The Labute approximate surface area is 72.3 Å². The lowest BCUT2D eigenvalue weighted by molar-refractivity contribution is 0.232. The summed E-state index contributed by atoms with van der Waals surface area (Å²) in [4.78, 5) is 0. The van der Waals surface area contributed by atoms with Gasteiger partial charge in [0, 0.05) is 17.2 Å². The Morgan fingerprint density at radius 3 is 2.75 bits per heavy atom. The summed E-state index contributed by atoms with van der Waals surface area (Å²) in [7, 11) is 0. The second kappa shape index (κ2) is 2.41. The molecule has 0 bridgehead atoms. The molecule has 1 aliphatic heterocycles. The normalized spacial score (nSPS) is 26.5. The van der Waals surface area contributed by atoms with Crippen LogP contribution in [0.2, 0.25) is 0 Å². The third kappa shape index (κ3) is 0.876. The van der Waals surface area contributed by atoms with Crippen molar-refractivity contribution in [1.82, 2.24) is 0 Å². The maximum atomic E-state index is 5.84. The van der Waals surface area contributed by atoms with E-state index in [9.17, 15) is 0 Å². The van der Waals surface area contributed by atoms with E-state index in [0.717, 1.165) is 11.4 Å². The van der Waals surface area contributed by atoms with Crippen molar-refractivity contribution in [3.05, 3.63) is 23.8 Å². The number of rotatable bonds is 0. The average Bonchev–Trinajstić information content (AvgIpc) is 2.29. The number of benzene rings is 1. The van der Waals surface area contributed by atoms with Gasteiger partial charge < -0.3 is 10.5 Å². The molecule has 2 heteroatoms. The van der Waals surface area contributed by atoms with Crippen molar-refractivity contribution in [2.45, 2.75) is 25.9 Å². The number of anilines is 1. The number of fused-ring (bicyclic) bond motifs is 1. The molecule has 0 amide bonds. The molecule has 1 unspecified atom stereocenters. The van der Waals surface area contributed by atoms with Crippen LogP contribution in [-0.4, -0.2) is 6.10 Å². The molecule has 1 aromatic carbocycles. The maximum absolute atomic E-state index is 5.84. The molecule has 0 fully saturated rings. The molecule has 1 aromatic rings. The highest BCUT2D eigenvalue weighted by Gasteiger charge is 2.28. The van der Waals surface area contributed by atoms with Crippen LogP contribution in [0, 0.1) is 0 Å². The summed E-state index contributed by atoms with van der Waals surface area (Å²) in [6, 6.07) is 5.83. The minimum Gasteiger partial charge on any atom is -0.490 e. The van der Waals surface area contributed by atoms with Gasteiger partial charge in [0.25, 0.3) is 0 Å². The molecule has 0 radical (unpaired) electrons. The zero-order chi connectivity index (χ0) is 8.72. The van der Waals surface area contributed by atoms with Crippen LogP contribution in [0.15, 0.2) is 18.2 Å². The minimum atomic E-state index is 0.254. The zero-order valence-electron chi connectivity index (χ0n) is 7.37. The number of hydrogen-bond acceptors (Lipinski definition) is 2. The van der Waals surface area contributed by atoms with Crippen molar-refractivity contribution in [3.8, 4) is 5.75 Å². The third-order valence-electron chi connectivity index (χ3n) is 2.57. The van der Waals surface area contributed by atoms with Crippen LogP contribution >= 0.6 is 0 Å². The van der Waals surface area contributed by atoms with E-state index in [1.165, 1.54) is 5.56 Å². The smallest absolute Gasteiger partial charge is 0.125 e. The molecule has 0 saturated carbocycles. The third-order valence-corrected chi connectivity index (χ3v) is 2.57. The summed E-state index contributed by atoms with van der Waals surface area (Å²) in [5, 5.41) is 0. The van der Waals surface area contributed by atoms with E-state index in [0.29, 0.717) is 5.92 Å². The van der Waals surface area contributed by atoms with Gasteiger partial charge in [0.1, 0.15) is 11.9 Å². The first-order chi connectivity index (χ1) is 5.70. The summed E-state index contributed by atoms with van der Waals surface area (Å²) in [6.45, 7) is 4.22. The predicted molar refractivity (Wildman–Crippen MR) is 49.4 cm³/mol. The van der Waals surface area contributed by atoms with Crippen LogP contribution in [0.5, 0.6) is 5.75 Å². The van der Waals surface area contributed by atoms with Gasteiger partial charge in [-0.15, -0.1) is 0 Å². The van der Waals surface area contributed by atoms with Crippen LogP contribution in [-0.2, 0) is 0 Å². The monoisotopic (exact) mass is 163 g/mol. The molecule has 0 spiro atoms. The van der Waals surface area contributed by atoms with Gasteiger partial charge in [0.2, 0.25) is 0 Å². The van der Waals surface area contributed by atoms with Gasteiger partial charge in [0.05, 0.1) is 0 Å². The van der Waals surface area contributed by atoms with Crippen LogP contribution in [0.3, 0.4) is 0 Å². The van der Waals surface area contributed by atoms with Crippen LogP contribution < -0.4 is 10.5 Å². The quantitative estimate of drug-likeness (QED) is 0.595. The highest BCUT2D eigenvalue weighted by atomic mass is 16.5. The van der Waals surface area contributed by atoms with E-state index in [1.54, 1.807) is 0 Å². The molecule has 64 valence electrons. The van der Waals surface area contributed by atoms with E-state index in [4.69, 9.17) is 10.5 Å². The largest absolute Gasteiger partial charge is 0.490 e. The standard InChI is InChI=1S/C10H13NO/c1-6-7(2)12-9-5-3-4-8(11)10(6)9/h3-7H,11H2,1-2H3/t6?,7-/m0/s1. The Balaban J connectivity index is 2.55. The van der Waals surface area contributed by atoms with Crippen molar-refractivity contribution in [2.24, 2.45) is 0 Å². The molecule has 2 rings (SSSR count). The van der Waals surface area contributed by atoms with E-state index in [1.807, 2.05) is 18.2 Å². The van der Waals surface area contributed by atoms with Gasteiger partial charge in [-0.1, -0.05) is 13.0 Å². The first-order valence-corrected chi connectivity index (χ1v) is 4.25. The minimum absolute atomic E-state index is 0.254. The Bertz CT molecular complexity index is 309. The molecule has 2 atom stereocenters. The maximum Gasteiger partial charge on any atom is 0.125 e. The molecule has 12 heavy (non-hydrogen) atoms. The Morgan fingerprint density at radius 2 is 2.08 bits per heavy atom. The lowest BCUT2D eigenvalue weighted by Gasteiger charge is -2.08. The van der Waals surface area contributed by atoms with Crippen molar-refractivity contribution in [1.29, 1.82) is 0 Å². The number of nitrogen functional groups attached to an aromatic ring is 1. The van der Waals surface area contributed by atoms with Crippen molar-refractivity contribution < 1.29 is 4.74 Å². The molecule has 2 N–H and O–H groups in total. The molecular weight excluding hydrogens is 150 g/mol. The fourth-order valence-electron chi connectivity index (χ4n) is 1.69. The molecule has 0 aromatic heterocycles. The van der Waals surface area contributed by atoms with Crippen molar-refractivity contribution in [3.63, 3.8) is 0 Å². The number of ether oxygens (including phenoxy) is 1. The molecule has 0 aliphatic carbocycles. The van der Waals surface area contributed by atoms with E-state index < -0.39 is 0 Å². The van der Waals surface area contributed by atoms with Gasteiger partial charge >= 0.3 is 0 Å². The number of hydrogen-bond donors (Lipinski definition) is 1. The second-order valence-electron chi connectivity index (χ2n) is 3.37. The van der Waals surface area contributed by atoms with Crippen molar-refractivity contribution >= 4 is 5.69 Å². The summed E-state index contributed by atoms with van der Waals surface area (Å²) in [5.41, 5.74) is 7.87. The van der Waals surface area contributed by atoms with Crippen molar-refractivity contribution in [2.75, 3.05) is 5.73 Å². The lowest BCUT2D eigenvalue weighted by atomic mass is 9.97. The topological polar surface area (TPSA) is 35.2 Å². The first kappa shape index (κ1) is 7.47. The molecule has 0 saturated heterocycles. The van der Waals surface area contributed by atoms with E-state index in [-0.39, 0.29) is 6.10 Å². The SMILES string of the molecule is CC1c2c(N)cccc2O[C@H]1C. The second-order valence-corrected chi connectivity index (χ2v) is 3.37. The van der Waals surface area contributed by atoms with E-state index >= 15 is 0 Å². The Morgan fingerprint density at radius 1 is 1.33 bits per heavy atom. The fraction of sp³-hybridized carbons (Fsp3) is 0.400. The molecular formula is C10H13NO.